The number of fused-ring (bicyclic) bond motifs is 1. The highest BCUT2D eigenvalue weighted by molar-refractivity contribution is 5.83. The summed E-state index contributed by atoms with van der Waals surface area (Å²) in [5.41, 5.74) is 1.07. The number of carbonyl (C=O) groups is 1. The molecule has 0 unspecified atom stereocenters. The number of benzene rings is 1. The molecule has 0 spiro atoms. The van der Waals surface area contributed by atoms with E-state index >= 15 is 0 Å². The Bertz CT molecular complexity index is 1230. The Balaban J connectivity index is 1.14. The van der Waals surface area contributed by atoms with Gasteiger partial charge in [-0.05, 0) is 89.2 Å². The van der Waals surface area contributed by atoms with Crippen molar-refractivity contribution in [3.8, 4) is 5.95 Å². The van der Waals surface area contributed by atoms with Crippen LogP contribution in [0.3, 0.4) is 0 Å². The van der Waals surface area contributed by atoms with Gasteiger partial charge in [-0.1, -0.05) is 6.92 Å². The molecule has 2 aliphatic heterocycles. The number of hydrogen-bond acceptors (Lipinski definition) is 7. The molecule has 2 fully saturated rings. The molecule has 3 aromatic rings. The molecule has 2 aromatic heterocycles. The van der Waals surface area contributed by atoms with Gasteiger partial charge in [-0.15, -0.1) is 0 Å². The van der Waals surface area contributed by atoms with E-state index in [1.807, 2.05) is 32.6 Å². The van der Waals surface area contributed by atoms with Crippen molar-refractivity contribution < 1.29 is 18.4 Å². The maximum atomic E-state index is 13.9. The number of ether oxygens (including phenoxy) is 1. The lowest BCUT2D eigenvalue weighted by molar-refractivity contribution is 0.0165. The zero-order chi connectivity index (χ0) is 26.2. The van der Waals surface area contributed by atoms with E-state index < -0.39 is 5.60 Å². The van der Waals surface area contributed by atoms with Crippen LogP contribution in [0.4, 0.5) is 9.18 Å². The van der Waals surface area contributed by atoms with Crippen molar-refractivity contribution in [2.75, 3.05) is 32.7 Å². The molecule has 2 saturated heterocycles. The lowest BCUT2D eigenvalue weighted by Crippen LogP contribution is -2.44. The third-order valence-corrected chi connectivity index (χ3v) is 7.39. The van der Waals surface area contributed by atoms with Crippen LogP contribution in [-0.4, -0.2) is 74.1 Å². The average Bonchev–Trinajstić information content (AvgIpc) is 3.48. The van der Waals surface area contributed by atoms with Crippen LogP contribution in [-0.2, 0) is 11.2 Å². The molecule has 0 saturated carbocycles. The van der Waals surface area contributed by atoms with E-state index in [0.717, 1.165) is 75.9 Å². The van der Waals surface area contributed by atoms with E-state index in [2.05, 4.69) is 20.1 Å². The summed E-state index contributed by atoms with van der Waals surface area (Å²) in [5, 5.41) is 9.70. The van der Waals surface area contributed by atoms with E-state index in [9.17, 15) is 9.18 Å². The van der Waals surface area contributed by atoms with Gasteiger partial charge >= 0.3 is 6.09 Å². The molecule has 0 bridgehead atoms. The predicted molar refractivity (Wildman–Crippen MR) is 137 cm³/mol. The molecule has 10 heteroatoms. The van der Waals surface area contributed by atoms with E-state index in [1.165, 1.54) is 12.1 Å². The molecule has 0 aliphatic carbocycles. The maximum absolute atomic E-state index is 13.9. The van der Waals surface area contributed by atoms with Crippen molar-refractivity contribution in [2.45, 2.75) is 71.3 Å². The van der Waals surface area contributed by atoms with Crippen molar-refractivity contribution in [1.82, 2.24) is 29.7 Å². The number of amides is 1. The third-order valence-electron chi connectivity index (χ3n) is 7.39. The second-order valence-corrected chi connectivity index (χ2v) is 11.3. The highest BCUT2D eigenvalue weighted by Crippen LogP contribution is 2.30. The molecular formula is C27H37FN6O3. The molecule has 0 N–H and O–H groups in total. The summed E-state index contributed by atoms with van der Waals surface area (Å²) in [5.74, 6) is 1.45. The van der Waals surface area contributed by atoms with Gasteiger partial charge in [0.05, 0.1) is 11.2 Å². The average molecular weight is 513 g/mol. The van der Waals surface area contributed by atoms with E-state index in [4.69, 9.17) is 9.26 Å². The molecule has 5 rings (SSSR count). The minimum absolute atomic E-state index is 0.204. The zero-order valence-corrected chi connectivity index (χ0v) is 22.2. The standard InChI is InChI=1S/C27H37FN6O3/c1-5-22-21-7-6-20(28)16-23(21)34(30-22)25-29-24(37-31-25)19-10-12-32(13-11-19)17-18-8-14-33(15-9-18)26(35)36-27(2,3)4/h6-7,16,18-19H,5,8-15,17H2,1-4H3. The second kappa shape index (κ2) is 10.4. The molecule has 0 radical (unpaired) electrons. The van der Waals surface area contributed by atoms with Gasteiger partial charge in [0.2, 0.25) is 5.89 Å². The summed E-state index contributed by atoms with van der Waals surface area (Å²) in [6.07, 6.45) is 4.44. The molecule has 37 heavy (non-hydrogen) atoms. The molecular weight excluding hydrogens is 475 g/mol. The van der Waals surface area contributed by atoms with E-state index in [-0.39, 0.29) is 17.8 Å². The first-order valence-electron chi connectivity index (χ1n) is 13.4. The van der Waals surface area contributed by atoms with Crippen LogP contribution in [0.2, 0.25) is 0 Å². The Morgan fingerprint density at radius 2 is 1.86 bits per heavy atom. The van der Waals surface area contributed by atoms with Gasteiger partial charge in [0.25, 0.3) is 5.95 Å². The first-order valence-corrected chi connectivity index (χ1v) is 13.4. The number of aromatic nitrogens is 4. The summed E-state index contributed by atoms with van der Waals surface area (Å²) >= 11 is 0. The highest BCUT2D eigenvalue weighted by atomic mass is 19.1. The molecule has 0 atom stereocenters. The Labute approximate surface area is 216 Å². The summed E-state index contributed by atoms with van der Waals surface area (Å²) < 4.78 is 26.7. The van der Waals surface area contributed by atoms with Crippen LogP contribution in [0.5, 0.6) is 0 Å². The minimum Gasteiger partial charge on any atom is -0.444 e. The Morgan fingerprint density at radius 1 is 1.14 bits per heavy atom. The molecule has 4 heterocycles. The number of piperidine rings is 2. The largest absolute Gasteiger partial charge is 0.444 e. The molecule has 1 amide bonds. The second-order valence-electron chi connectivity index (χ2n) is 11.3. The third kappa shape index (κ3) is 5.79. The van der Waals surface area contributed by atoms with Gasteiger partial charge in [0, 0.05) is 37.0 Å². The van der Waals surface area contributed by atoms with Gasteiger partial charge in [0.15, 0.2) is 0 Å². The normalized spacial score (nSPS) is 18.6. The zero-order valence-electron chi connectivity index (χ0n) is 22.2. The van der Waals surface area contributed by atoms with Crippen molar-refractivity contribution in [3.63, 3.8) is 0 Å². The SMILES string of the molecule is CCc1nn(-c2noc(C3CCN(CC4CCN(C(=O)OC(C)(C)C)CC4)CC3)n2)c2cc(F)ccc12. The number of halogens is 1. The maximum Gasteiger partial charge on any atom is 0.410 e. The van der Waals surface area contributed by atoms with Gasteiger partial charge in [-0.2, -0.15) is 14.8 Å². The highest BCUT2D eigenvalue weighted by Gasteiger charge is 2.30. The van der Waals surface area contributed by atoms with Crippen LogP contribution in [0, 0.1) is 11.7 Å². The van der Waals surface area contributed by atoms with Crippen molar-refractivity contribution >= 4 is 17.0 Å². The summed E-state index contributed by atoms with van der Waals surface area (Å²) in [7, 11) is 0. The first-order chi connectivity index (χ1) is 17.7. The Hall–Kier alpha value is -3.01. The van der Waals surface area contributed by atoms with Crippen molar-refractivity contribution in [1.29, 1.82) is 0 Å². The summed E-state index contributed by atoms with van der Waals surface area (Å²) in [6.45, 7) is 12.2. The molecule has 9 nitrogen and oxygen atoms in total. The molecule has 1 aromatic carbocycles. The number of hydrogen-bond donors (Lipinski definition) is 0. The smallest absolute Gasteiger partial charge is 0.410 e. The fourth-order valence-electron chi connectivity index (χ4n) is 5.40. The van der Waals surface area contributed by atoms with E-state index in [1.54, 1.807) is 10.7 Å². The van der Waals surface area contributed by atoms with Gasteiger partial charge < -0.3 is 19.1 Å². The lowest BCUT2D eigenvalue weighted by Gasteiger charge is -2.37. The van der Waals surface area contributed by atoms with Gasteiger partial charge in [0.1, 0.15) is 11.4 Å². The summed E-state index contributed by atoms with van der Waals surface area (Å²) in [4.78, 5) is 21.3. The number of likely N-dealkylation sites (tertiary alicyclic amines) is 2. The van der Waals surface area contributed by atoms with Crippen LogP contribution >= 0.6 is 0 Å². The quantitative estimate of drug-likeness (QED) is 0.478. The van der Waals surface area contributed by atoms with Crippen LogP contribution in [0.25, 0.3) is 16.9 Å². The Morgan fingerprint density at radius 3 is 2.54 bits per heavy atom. The number of nitrogens with zero attached hydrogens (tertiary/aromatic N) is 6. The first kappa shape index (κ1) is 25.6. The topological polar surface area (TPSA) is 89.5 Å². The van der Waals surface area contributed by atoms with Crippen LogP contribution < -0.4 is 0 Å². The monoisotopic (exact) mass is 512 g/mol. The van der Waals surface area contributed by atoms with Crippen molar-refractivity contribution in [2.24, 2.45) is 5.92 Å². The van der Waals surface area contributed by atoms with Gasteiger partial charge in [-0.25, -0.2) is 9.18 Å². The lowest BCUT2D eigenvalue weighted by atomic mass is 9.93. The van der Waals surface area contributed by atoms with Gasteiger partial charge in [-0.3, -0.25) is 0 Å². The van der Waals surface area contributed by atoms with Crippen LogP contribution in [0.15, 0.2) is 22.7 Å². The molecule has 2 aliphatic rings. The number of rotatable bonds is 5. The van der Waals surface area contributed by atoms with E-state index in [0.29, 0.717) is 23.3 Å². The fourth-order valence-corrected chi connectivity index (χ4v) is 5.40. The summed E-state index contributed by atoms with van der Waals surface area (Å²) in [6, 6.07) is 4.67. The predicted octanol–water partition coefficient (Wildman–Crippen LogP) is 4.94. The number of carbonyl (C=O) groups excluding carboxylic acids is 1. The number of aryl methyl sites for hydroxylation is 1. The molecule has 200 valence electrons. The van der Waals surface area contributed by atoms with Crippen LogP contribution in [0.1, 0.15) is 70.9 Å². The minimum atomic E-state index is -0.458. The fraction of sp³-hybridized carbons (Fsp3) is 0.630. The van der Waals surface area contributed by atoms with Crippen molar-refractivity contribution in [3.05, 3.63) is 35.6 Å². The Kier molecular flexibility index (Phi) is 7.20.